The van der Waals surface area contributed by atoms with Crippen molar-refractivity contribution in [1.82, 2.24) is 20.2 Å². The number of urea groups is 1. The molecule has 0 radical (unpaired) electrons. The van der Waals surface area contributed by atoms with Crippen LogP contribution < -0.4 is 5.32 Å². The summed E-state index contributed by atoms with van der Waals surface area (Å²) in [6.07, 6.45) is 5.36. The van der Waals surface area contributed by atoms with Crippen LogP contribution in [-0.4, -0.2) is 41.0 Å². The highest BCUT2D eigenvalue weighted by molar-refractivity contribution is 7.09. The third-order valence-electron chi connectivity index (χ3n) is 3.91. The smallest absolute Gasteiger partial charge is 0.317 e. The number of aromatic nitrogens is 2. The van der Waals surface area contributed by atoms with Gasteiger partial charge < -0.3 is 10.2 Å². The van der Waals surface area contributed by atoms with Gasteiger partial charge in [0.25, 0.3) is 0 Å². The number of rotatable bonds is 6. The SMILES string of the molecule is C[C@H](CN(C)C(=O)NCC(C)(C)c1ccncc1)c1nccs1. The number of amides is 2. The van der Waals surface area contributed by atoms with Crippen molar-refractivity contribution in [3.05, 3.63) is 46.7 Å². The largest absolute Gasteiger partial charge is 0.337 e. The number of hydrogen-bond acceptors (Lipinski definition) is 4. The summed E-state index contributed by atoms with van der Waals surface area (Å²) in [5.41, 5.74) is 1.02. The van der Waals surface area contributed by atoms with Crippen LogP contribution >= 0.6 is 11.3 Å². The quantitative estimate of drug-likeness (QED) is 0.883. The van der Waals surface area contributed by atoms with Crippen LogP contribution in [0.5, 0.6) is 0 Å². The lowest BCUT2D eigenvalue weighted by Gasteiger charge is -2.28. The van der Waals surface area contributed by atoms with E-state index < -0.39 is 0 Å². The zero-order valence-corrected chi connectivity index (χ0v) is 14.9. The second-order valence-electron chi connectivity index (χ2n) is 6.43. The van der Waals surface area contributed by atoms with Crippen molar-refractivity contribution in [2.75, 3.05) is 20.1 Å². The van der Waals surface area contributed by atoms with E-state index in [0.29, 0.717) is 13.1 Å². The summed E-state index contributed by atoms with van der Waals surface area (Å²) in [7, 11) is 1.82. The van der Waals surface area contributed by atoms with Crippen molar-refractivity contribution in [3.8, 4) is 0 Å². The second-order valence-corrected chi connectivity index (χ2v) is 7.36. The number of pyridine rings is 1. The highest BCUT2D eigenvalue weighted by atomic mass is 32.1. The lowest BCUT2D eigenvalue weighted by atomic mass is 9.85. The molecule has 2 amide bonds. The van der Waals surface area contributed by atoms with E-state index in [9.17, 15) is 4.79 Å². The van der Waals surface area contributed by atoms with Crippen LogP contribution in [0.4, 0.5) is 4.79 Å². The third-order valence-corrected chi connectivity index (χ3v) is 4.92. The molecule has 2 aromatic heterocycles. The average molecular weight is 332 g/mol. The fraction of sp³-hybridized carbons (Fsp3) is 0.471. The molecule has 0 spiro atoms. The Morgan fingerprint density at radius 2 is 2.04 bits per heavy atom. The van der Waals surface area contributed by atoms with E-state index in [1.165, 1.54) is 0 Å². The van der Waals surface area contributed by atoms with Crippen LogP contribution in [0.2, 0.25) is 0 Å². The topological polar surface area (TPSA) is 58.1 Å². The molecule has 2 heterocycles. The summed E-state index contributed by atoms with van der Waals surface area (Å²) >= 11 is 1.62. The average Bonchev–Trinajstić information content (AvgIpc) is 3.08. The maximum atomic E-state index is 12.3. The maximum absolute atomic E-state index is 12.3. The Morgan fingerprint density at radius 3 is 2.65 bits per heavy atom. The number of thiazole rings is 1. The summed E-state index contributed by atoms with van der Waals surface area (Å²) in [6, 6.07) is 3.91. The van der Waals surface area contributed by atoms with Gasteiger partial charge in [-0.25, -0.2) is 9.78 Å². The van der Waals surface area contributed by atoms with E-state index in [2.05, 4.69) is 36.1 Å². The molecule has 0 saturated heterocycles. The minimum atomic E-state index is -0.139. The van der Waals surface area contributed by atoms with Crippen molar-refractivity contribution in [3.63, 3.8) is 0 Å². The molecule has 0 saturated carbocycles. The molecule has 0 unspecified atom stereocenters. The van der Waals surface area contributed by atoms with Gasteiger partial charge in [0.05, 0.1) is 5.01 Å². The third kappa shape index (κ3) is 4.76. The molecule has 0 aliphatic heterocycles. The molecule has 6 heteroatoms. The van der Waals surface area contributed by atoms with Crippen LogP contribution in [-0.2, 0) is 5.41 Å². The molecule has 2 aromatic rings. The van der Waals surface area contributed by atoms with Crippen molar-refractivity contribution in [1.29, 1.82) is 0 Å². The van der Waals surface area contributed by atoms with Crippen LogP contribution in [0.1, 0.15) is 37.3 Å². The number of nitrogens with zero attached hydrogens (tertiary/aromatic N) is 3. The Morgan fingerprint density at radius 1 is 1.35 bits per heavy atom. The minimum absolute atomic E-state index is 0.0597. The maximum Gasteiger partial charge on any atom is 0.317 e. The molecule has 0 bridgehead atoms. The first kappa shape index (κ1) is 17.4. The van der Waals surface area contributed by atoms with Crippen LogP contribution in [0.25, 0.3) is 0 Å². The van der Waals surface area contributed by atoms with E-state index >= 15 is 0 Å². The van der Waals surface area contributed by atoms with Gasteiger partial charge in [0.1, 0.15) is 0 Å². The van der Waals surface area contributed by atoms with Crippen molar-refractivity contribution in [2.45, 2.75) is 32.1 Å². The van der Waals surface area contributed by atoms with Crippen molar-refractivity contribution < 1.29 is 4.79 Å². The summed E-state index contributed by atoms with van der Waals surface area (Å²) < 4.78 is 0. The Balaban J connectivity index is 1.86. The monoisotopic (exact) mass is 332 g/mol. The molecule has 2 rings (SSSR count). The summed E-state index contributed by atoms with van der Waals surface area (Å²) in [4.78, 5) is 22.4. The van der Waals surface area contributed by atoms with Crippen molar-refractivity contribution in [2.24, 2.45) is 0 Å². The zero-order chi connectivity index (χ0) is 16.9. The molecule has 0 aliphatic rings. The molecule has 0 aromatic carbocycles. The lowest BCUT2D eigenvalue weighted by Crippen LogP contribution is -2.44. The van der Waals surface area contributed by atoms with Gasteiger partial charge in [-0.15, -0.1) is 11.3 Å². The summed E-state index contributed by atoms with van der Waals surface area (Å²) in [6.45, 7) is 7.53. The number of carbonyl (C=O) groups is 1. The first-order valence-electron chi connectivity index (χ1n) is 7.69. The van der Waals surface area contributed by atoms with Gasteiger partial charge in [-0.05, 0) is 17.7 Å². The summed E-state index contributed by atoms with van der Waals surface area (Å²) in [5.74, 6) is 0.235. The Kier molecular flexibility index (Phi) is 5.71. The molecular formula is C17H24N4OS. The number of likely N-dealkylation sites (N-methyl/N-ethyl adjacent to an activating group) is 1. The fourth-order valence-corrected chi connectivity index (χ4v) is 3.08. The van der Waals surface area contributed by atoms with Gasteiger partial charge in [0.2, 0.25) is 0 Å². The highest BCUT2D eigenvalue weighted by Gasteiger charge is 2.23. The standard InChI is InChI=1S/C17H24N4OS/c1-13(15-19-9-10-23-15)11-21(4)16(22)20-12-17(2,3)14-5-7-18-8-6-14/h5-10,13H,11-12H2,1-4H3,(H,20,22)/t13-/m1/s1. The molecule has 0 aliphatic carbocycles. The molecule has 0 fully saturated rings. The van der Waals surface area contributed by atoms with Crippen LogP contribution in [0.15, 0.2) is 36.1 Å². The normalized spacial score (nSPS) is 12.7. The van der Waals surface area contributed by atoms with Gasteiger partial charge in [0, 0.05) is 55.4 Å². The van der Waals surface area contributed by atoms with Gasteiger partial charge >= 0.3 is 6.03 Å². The first-order valence-corrected chi connectivity index (χ1v) is 8.57. The van der Waals surface area contributed by atoms with E-state index in [0.717, 1.165) is 10.6 Å². The van der Waals surface area contributed by atoms with Gasteiger partial charge in [-0.3, -0.25) is 4.98 Å². The number of hydrogen-bond donors (Lipinski definition) is 1. The second kappa shape index (κ2) is 7.55. The van der Waals surface area contributed by atoms with E-state index in [-0.39, 0.29) is 17.4 Å². The van der Waals surface area contributed by atoms with Crippen LogP contribution in [0.3, 0.4) is 0 Å². The Bertz CT molecular complexity index is 613. The molecule has 5 nitrogen and oxygen atoms in total. The van der Waals surface area contributed by atoms with E-state index in [1.54, 1.807) is 34.8 Å². The van der Waals surface area contributed by atoms with Gasteiger partial charge in [-0.2, -0.15) is 0 Å². The Hall–Kier alpha value is -1.95. The lowest BCUT2D eigenvalue weighted by molar-refractivity contribution is 0.204. The van der Waals surface area contributed by atoms with E-state index in [4.69, 9.17) is 0 Å². The molecular weight excluding hydrogens is 308 g/mol. The van der Waals surface area contributed by atoms with Gasteiger partial charge in [-0.1, -0.05) is 20.8 Å². The molecule has 1 N–H and O–H groups in total. The predicted octanol–water partition coefficient (Wildman–Crippen LogP) is 3.26. The first-order chi connectivity index (χ1) is 10.9. The van der Waals surface area contributed by atoms with Crippen LogP contribution in [0, 0.1) is 0 Å². The highest BCUT2D eigenvalue weighted by Crippen LogP contribution is 2.21. The fourth-order valence-electron chi connectivity index (χ4n) is 2.39. The van der Waals surface area contributed by atoms with Gasteiger partial charge in [0.15, 0.2) is 0 Å². The number of carbonyl (C=O) groups excluding carboxylic acids is 1. The van der Waals surface area contributed by atoms with Crippen molar-refractivity contribution >= 4 is 17.4 Å². The minimum Gasteiger partial charge on any atom is -0.337 e. The predicted molar refractivity (Wildman–Crippen MR) is 93.8 cm³/mol. The molecule has 1 atom stereocenters. The molecule has 124 valence electrons. The molecule has 23 heavy (non-hydrogen) atoms. The zero-order valence-electron chi connectivity index (χ0n) is 14.1. The summed E-state index contributed by atoms with van der Waals surface area (Å²) in [5, 5.41) is 6.04. The van der Waals surface area contributed by atoms with E-state index in [1.807, 2.05) is 24.6 Å². The number of nitrogens with one attached hydrogen (secondary N) is 1. The Labute approximate surface area is 141 Å².